The zero-order valence-electron chi connectivity index (χ0n) is 12.7. The van der Waals surface area contributed by atoms with Crippen LogP contribution < -0.4 is 10.6 Å². The highest BCUT2D eigenvalue weighted by molar-refractivity contribution is 7.15. The van der Waals surface area contributed by atoms with Gasteiger partial charge in [0.05, 0.1) is 5.69 Å². The molecule has 5 nitrogen and oxygen atoms in total. The fourth-order valence-electron chi connectivity index (χ4n) is 1.92. The summed E-state index contributed by atoms with van der Waals surface area (Å²) in [5, 5.41) is 15.2. The van der Waals surface area contributed by atoms with E-state index < -0.39 is 5.54 Å². The van der Waals surface area contributed by atoms with E-state index in [1.807, 2.05) is 13.8 Å². The number of thiazole rings is 1. The van der Waals surface area contributed by atoms with Crippen LogP contribution in [0.4, 0.5) is 9.93 Å². The molecule has 0 saturated carbocycles. The van der Waals surface area contributed by atoms with E-state index in [9.17, 15) is 4.79 Å². The van der Waals surface area contributed by atoms with Gasteiger partial charge in [-0.05, 0) is 33.1 Å². The summed E-state index contributed by atoms with van der Waals surface area (Å²) in [6.07, 6.45) is 3.44. The molecule has 0 bridgehead atoms. The number of hydrogen-bond donors (Lipinski definition) is 3. The van der Waals surface area contributed by atoms with Crippen molar-refractivity contribution in [1.82, 2.24) is 10.3 Å². The van der Waals surface area contributed by atoms with Crippen molar-refractivity contribution in [3.8, 4) is 0 Å². The maximum absolute atomic E-state index is 11.9. The summed E-state index contributed by atoms with van der Waals surface area (Å²) in [5.41, 5.74) is 0.653. The summed E-state index contributed by atoms with van der Waals surface area (Å²) in [4.78, 5) is 17.6. The second-order valence-corrected chi connectivity index (χ2v) is 6.51. The molecule has 1 aromatic rings. The Morgan fingerprint density at radius 2 is 2.10 bits per heavy atom. The predicted octanol–water partition coefficient (Wildman–Crippen LogP) is 2.94. The number of carbonyl (C=O) groups is 1. The normalized spacial score (nSPS) is 11.4. The molecule has 0 fully saturated rings. The summed E-state index contributed by atoms with van der Waals surface area (Å²) in [6, 6.07) is -0.275. The number of nitrogens with zero attached hydrogens (tertiary/aromatic N) is 1. The zero-order valence-corrected chi connectivity index (χ0v) is 13.6. The molecule has 0 aliphatic heterocycles. The number of amides is 2. The van der Waals surface area contributed by atoms with Crippen molar-refractivity contribution in [3.05, 3.63) is 10.6 Å². The van der Waals surface area contributed by atoms with Crippen molar-refractivity contribution in [3.63, 3.8) is 0 Å². The van der Waals surface area contributed by atoms with Gasteiger partial charge >= 0.3 is 6.03 Å². The topological polar surface area (TPSA) is 74.2 Å². The standard InChI is InChI=1S/C14H25N3O2S/c1-5-7-10-11(6-2)20-13(15-10)16-12(19)17-14(3,4)8-9-18/h18H,5-9H2,1-4H3,(H2,15,16,17,19). The number of aryl methyl sites for hydroxylation is 2. The molecule has 0 radical (unpaired) electrons. The van der Waals surface area contributed by atoms with Crippen molar-refractivity contribution >= 4 is 22.5 Å². The van der Waals surface area contributed by atoms with Gasteiger partial charge in [-0.2, -0.15) is 0 Å². The van der Waals surface area contributed by atoms with Crippen LogP contribution in [0.3, 0.4) is 0 Å². The molecule has 0 aliphatic rings. The Hall–Kier alpha value is -1.14. The average Bonchev–Trinajstić information content (AvgIpc) is 2.70. The van der Waals surface area contributed by atoms with E-state index in [2.05, 4.69) is 29.5 Å². The monoisotopic (exact) mass is 299 g/mol. The van der Waals surface area contributed by atoms with E-state index >= 15 is 0 Å². The lowest BCUT2D eigenvalue weighted by Crippen LogP contribution is -2.46. The molecular formula is C14H25N3O2S. The molecule has 114 valence electrons. The van der Waals surface area contributed by atoms with Crippen LogP contribution in [0.15, 0.2) is 0 Å². The summed E-state index contributed by atoms with van der Waals surface area (Å²) >= 11 is 1.53. The first-order valence-electron chi connectivity index (χ1n) is 7.10. The van der Waals surface area contributed by atoms with E-state index in [-0.39, 0.29) is 12.6 Å². The Morgan fingerprint density at radius 1 is 1.40 bits per heavy atom. The van der Waals surface area contributed by atoms with Crippen LogP contribution >= 0.6 is 11.3 Å². The van der Waals surface area contributed by atoms with Gasteiger partial charge in [0.2, 0.25) is 0 Å². The zero-order chi connectivity index (χ0) is 15.2. The number of rotatable bonds is 7. The summed E-state index contributed by atoms with van der Waals surface area (Å²) in [6.45, 7) is 8.03. The van der Waals surface area contributed by atoms with E-state index in [4.69, 9.17) is 5.11 Å². The number of anilines is 1. The van der Waals surface area contributed by atoms with E-state index in [1.54, 1.807) is 0 Å². The minimum Gasteiger partial charge on any atom is -0.396 e. The molecular weight excluding hydrogens is 274 g/mol. The molecule has 0 saturated heterocycles. The van der Waals surface area contributed by atoms with E-state index in [0.29, 0.717) is 11.6 Å². The first-order valence-corrected chi connectivity index (χ1v) is 7.92. The third kappa shape index (κ3) is 5.09. The van der Waals surface area contributed by atoms with Gasteiger partial charge in [0.25, 0.3) is 0 Å². The number of aliphatic hydroxyl groups is 1. The van der Waals surface area contributed by atoms with Crippen LogP contribution in [-0.4, -0.2) is 28.3 Å². The Labute approximate surface area is 124 Å². The highest BCUT2D eigenvalue weighted by atomic mass is 32.1. The second kappa shape index (κ2) is 7.59. The Morgan fingerprint density at radius 3 is 2.65 bits per heavy atom. The third-order valence-corrected chi connectivity index (χ3v) is 4.15. The van der Waals surface area contributed by atoms with Crippen molar-refractivity contribution in [2.24, 2.45) is 0 Å². The molecule has 0 aromatic carbocycles. The van der Waals surface area contributed by atoms with Gasteiger partial charge in [-0.15, -0.1) is 11.3 Å². The fraction of sp³-hybridized carbons (Fsp3) is 0.714. The fourth-order valence-corrected chi connectivity index (χ4v) is 2.87. The highest BCUT2D eigenvalue weighted by Crippen LogP contribution is 2.24. The Balaban J connectivity index is 2.66. The maximum Gasteiger partial charge on any atom is 0.321 e. The molecule has 1 aromatic heterocycles. The Bertz CT molecular complexity index is 444. The van der Waals surface area contributed by atoms with Gasteiger partial charge in [-0.25, -0.2) is 9.78 Å². The minimum absolute atomic E-state index is 0.0468. The van der Waals surface area contributed by atoms with Gasteiger partial charge in [0, 0.05) is 17.0 Å². The Kier molecular flexibility index (Phi) is 6.42. The van der Waals surface area contributed by atoms with Crippen molar-refractivity contribution in [2.45, 2.75) is 58.9 Å². The number of nitrogens with one attached hydrogen (secondary N) is 2. The van der Waals surface area contributed by atoms with Gasteiger partial charge in [0.1, 0.15) is 0 Å². The minimum atomic E-state index is -0.435. The molecule has 1 rings (SSSR count). The van der Waals surface area contributed by atoms with Crippen molar-refractivity contribution < 1.29 is 9.90 Å². The molecule has 0 spiro atoms. The van der Waals surface area contributed by atoms with Crippen LogP contribution in [0.5, 0.6) is 0 Å². The second-order valence-electron chi connectivity index (χ2n) is 5.43. The van der Waals surface area contributed by atoms with E-state index in [0.717, 1.165) is 25.0 Å². The van der Waals surface area contributed by atoms with Gasteiger partial charge < -0.3 is 10.4 Å². The lowest BCUT2D eigenvalue weighted by molar-refractivity contribution is 0.218. The highest BCUT2D eigenvalue weighted by Gasteiger charge is 2.20. The largest absolute Gasteiger partial charge is 0.396 e. The maximum atomic E-state index is 11.9. The quantitative estimate of drug-likeness (QED) is 0.724. The number of aromatic nitrogens is 1. The average molecular weight is 299 g/mol. The molecule has 0 aliphatic carbocycles. The van der Waals surface area contributed by atoms with Crippen LogP contribution in [0.1, 0.15) is 51.1 Å². The van der Waals surface area contributed by atoms with Crippen LogP contribution in [-0.2, 0) is 12.8 Å². The molecule has 0 unspecified atom stereocenters. The predicted molar refractivity (Wildman–Crippen MR) is 83.4 cm³/mol. The first-order chi connectivity index (χ1) is 9.41. The number of hydrogen-bond acceptors (Lipinski definition) is 4. The van der Waals surface area contributed by atoms with Gasteiger partial charge in [0.15, 0.2) is 5.13 Å². The van der Waals surface area contributed by atoms with E-state index in [1.165, 1.54) is 16.2 Å². The summed E-state index contributed by atoms with van der Waals surface area (Å²) < 4.78 is 0. The van der Waals surface area contributed by atoms with Crippen molar-refractivity contribution in [1.29, 1.82) is 0 Å². The third-order valence-electron chi connectivity index (χ3n) is 3.00. The summed E-state index contributed by atoms with van der Waals surface area (Å²) in [7, 11) is 0. The SMILES string of the molecule is CCCc1nc(NC(=O)NC(C)(C)CCO)sc1CC. The van der Waals surface area contributed by atoms with Gasteiger partial charge in [-0.3, -0.25) is 5.32 Å². The molecule has 3 N–H and O–H groups in total. The van der Waals surface area contributed by atoms with Crippen LogP contribution in [0.2, 0.25) is 0 Å². The lowest BCUT2D eigenvalue weighted by atomic mass is 10.0. The number of aliphatic hydroxyl groups excluding tert-OH is 1. The van der Waals surface area contributed by atoms with Crippen molar-refractivity contribution in [2.75, 3.05) is 11.9 Å². The van der Waals surface area contributed by atoms with Crippen LogP contribution in [0, 0.1) is 0 Å². The smallest absolute Gasteiger partial charge is 0.321 e. The molecule has 2 amide bonds. The molecule has 6 heteroatoms. The summed E-state index contributed by atoms with van der Waals surface area (Å²) in [5.74, 6) is 0. The first kappa shape index (κ1) is 16.9. The molecule has 20 heavy (non-hydrogen) atoms. The van der Waals surface area contributed by atoms with Crippen LogP contribution in [0.25, 0.3) is 0 Å². The molecule has 1 heterocycles. The molecule has 0 atom stereocenters. The lowest BCUT2D eigenvalue weighted by Gasteiger charge is -2.24. The van der Waals surface area contributed by atoms with Gasteiger partial charge in [-0.1, -0.05) is 20.3 Å². The number of carbonyl (C=O) groups excluding carboxylic acids is 1. The number of urea groups is 1.